The van der Waals surface area contributed by atoms with Crippen LogP contribution in [0.1, 0.15) is 12.0 Å². The van der Waals surface area contributed by atoms with E-state index in [1.807, 2.05) is 0 Å². The van der Waals surface area contributed by atoms with Crippen LogP contribution in [0.15, 0.2) is 18.2 Å². The molecule has 0 aliphatic rings. The summed E-state index contributed by atoms with van der Waals surface area (Å²) >= 11 is 1.56. The third kappa shape index (κ3) is 3.79. The lowest BCUT2D eigenvalue weighted by Crippen LogP contribution is -1.94. The number of benzene rings is 1. The molecule has 4 nitrogen and oxygen atoms in total. The zero-order valence-electron chi connectivity index (χ0n) is 8.56. The van der Waals surface area contributed by atoms with Gasteiger partial charge in [0.2, 0.25) is 5.82 Å². The Labute approximate surface area is 96.6 Å². The number of thioether (sulfide) groups is 1. The van der Waals surface area contributed by atoms with Crippen LogP contribution in [0.3, 0.4) is 0 Å². The van der Waals surface area contributed by atoms with Crippen LogP contribution in [-0.2, 0) is 5.75 Å². The number of rotatable bonds is 6. The number of aliphatic hydroxyl groups excluding tert-OH is 1. The van der Waals surface area contributed by atoms with Gasteiger partial charge in [-0.2, -0.15) is 16.2 Å². The maximum atomic E-state index is 13.2. The van der Waals surface area contributed by atoms with Gasteiger partial charge in [-0.3, -0.25) is 10.1 Å². The molecular weight excluding hydrogens is 233 g/mol. The predicted octanol–water partition coefficient (Wildman–Crippen LogP) is 2.35. The van der Waals surface area contributed by atoms with Crippen LogP contribution >= 0.6 is 11.8 Å². The molecule has 0 aromatic heterocycles. The van der Waals surface area contributed by atoms with Gasteiger partial charge in [-0.25, -0.2) is 0 Å². The fourth-order valence-electron chi connectivity index (χ4n) is 1.14. The monoisotopic (exact) mass is 245 g/mol. The number of halogens is 1. The van der Waals surface area contributed by atoms with Crippen molar-refractivity contribution in [2.45, 2.75) is 12.2 Å². The Hall–Kier alpha value is -1.14. The maximum absolute atomic E-state index is 13.2. The van der Waals surface area contributed by atoms with Gasteiger partial charge in [0.25, 0.3) is 0 Å². The molecule has 16 heavy (non-hydrogen) atoms. The second-order valence-electron chi connectivity index (χ2n) is 3.17. The van der Waals surface area contributed by atoms with Crippen LogP contribution < -0.4 is 0 Å². The minimum absolute atomic E-state index is 0.140. The highest BCUT2D eigenvalue weighted by Gasteiger charge is 2.13. The van der Waals surface area contributed by atoms with Gasteiger partial charge in [0.05, 0.1) is 4.92 Å². The zero-order chi connectivity index (χ0) is 12.0. The van der Waals surface area contributed by atoms with Crippen LogP contribution in [0.4, 0.5) is 10.1 Å². The molecule has 0 unspecified atom stereocenters. The molecule has 88 valence electrons. The number of hydrogen-bond donors (Lipinski definition) is 1. The van der Waals surface area contributed by atoms with Gasteiger partial charge in [0.15, 0.2) is 0 Å². The summed E-state index contributed by atoms with van der Waals surface area (Å²) in [7, 11) is 0. The van der Waals surface area contributed by atoms with E-state index < -0.39 is 16.4 Å². The van der Waals surface area contributed by atoms with Gasteiger partial charge in [0.1, 0.15) is 0 Å². The summed E-state index contributed by atoms with van der Waals surface area (Å²) in [6.45, 7) is 0.140. The van der Waals surface area contributed by atoms with Crippen molar-refractivity contribution in [1.29, 1.82) is 0 Å². The molecule has 0 radical (unpaired) electrons. The molecule has 0 aliphatic carbocycles. The van der Waals surface area contributed by atoms with Gasteiger partial charge in [-0.15, -0.1) is 0 Å². The van der Waals surface area contributed by atoms with Crippen LogP contribution in [0.25, 0.3) is 0 Å². The molecule has 1 N–H and O–H groups in total. The van der Waals surface area contributed by atoms with E-state index >= 15 is 0 Å². The molecule has 0 heterocycles. The molecule has 1 rings (SSSR count). The van der Waals surface area contributed by atoms with Crippen molar-refractivity contribution in [2.75, 3.05) is 12.4 Å². The quantitative estimate of drug-likeness (QED) is 0.474. The predicted molar refractivity (Wildman–Crippen MR) is 60.9 cm³/mol. The van der Waals surface area contributed by atoms with Crippen molar-refractivity contribution in [3.63, 3.8) is 0 Å². The highest BCUT2D eigenvalue weighted by atomic mass is 32.2. The highest BCUT2D eigenvalue weighted by Crippen LogP contribution is 2.21. The van der Waals surface area contributed by atoms with Crippen LogP contribution in [0.5, 0.6) is 0 Å². The molecule has 0 atom stereocenters. The van der Waals surface area contributed by atoms with Crippen molar-refractivity contribution >= 4 is 17.4 Å². The topological polar surface area (TPSA) is 63.4 Å². The summed E-state index contributed by atoms with van der Waals surface area (Å²) in [5.41, 5.74) is 0.218. The Morgan fingerprint density at radius 2 is 2.25 bits per heavy atom. The van der Waals surface area contributed by atoms with Crippen molar-refractivity contribution in [2.24, 2.45) is 0 Å². The van der Waals surface area contributed by atoms with Crippen molar-refractivity contribution in [3.8, 4) is 0 Å². The molecule has 1 aromatic carbocycles. The molecule has 0 bridgehead atoms. The van der Waals surface area contributed by atoms with E-state index in [1.165, 1.54) is 12.1 Å². The summed E-state index contributed by atoms with van der Waals surface area (Å²) in [4.78, 5) is 9.63. The second-order valence-corrected chi connectivity index (χ2v) is 4.28. The van der Waals surface area contributed by atoms with Gasteiger partial charge < -0.3 is 5.11 Å². The van der Waals surface area contributed by atoms with Crippen LogP contribution in [0.2, 0.25) is 0 Å². The lowest BCUT2D eigenvalue weighted by atomic mass is 10.2. The Bertz CT molecular complexity index is 373. The van der Waals surface area contributed by atoms with E-state index in [2.05, 4.69) is 0 Å². The number of nitro groups is 1. The summed E-state index contributed by atoms with van der Waals surface area (Å²) in [5.74, 6) is 0.578. The van der Waals surface area contributed by atoms with Crippen LogP contribution in [0, 0.1) is 15.9 Å². The molecule has 0 fully saturated rings. The first-order valence-corrected chi connectivity index (χ1v) is 5.92. The smallest absolute Gasteiger partial charge is 0.304 e. The Kier molecular flexibility index (Phi) is 5.21. The van der Waals surface area contributed by atoms with Crippen molar-refractivity contribution in [3.05, 3.63) is 39.7 Å². The highest BCUT2D eigenvalue weighted by molar-refractivity contribution is 7.98. The fraction of sp³-hybridized carbons (Fsp3) is 0.400. The molecule has 6 heteroatoms. The Morgan fingerprint density at radius 3 is 2.81 bits per heavy atom. The minimum Gasteiger partial charge on any atom is -0.396 e. The fourth-order valence-corrected chi connectivity index (χ4v) is 2.04. The number of aliphatic hydroxyl groups is 1. The van der Waals surface area contributed by atoms with Gasteiger partial charge in [0, 0.05) is 18.4 Å². The average Bonchev–Trinajstić information content (AvgIpc) is 2.24. The van der Waals surface area contributed by atoms with E-state index in [4.69, 9.17) is 5.11 Å². The number of hydrogen-bond acceptors (Lipinski definition) is 4. The van der Waals surface area contributed by atoms with Crippen molar-refractivity contribution in [1.82, 2.24) is 0 Å². The van der Waals surface area contributed by atoms with Gasteiger partial charge in [-0.05, 0) is 23.8 Å². The first-order valence-electron chi connectivity index (χ1n) is 4.76. The second kappa shape index (κ2) is 6.44. The third-order valence-corrected chi connectivity index (χ3v) is 3.04. The molecule has 0 spiro atoms. The zero-order valence-corrected chi connectivity index (χ0v) is 9.37. The van der Waals surface area contributed by atoms with E-state index in [0.29, 0.717) is 17.7 Å². The lowest BCUT2D eigenvalue weighted by molar-refractivity contribution is -0.387. The molecule has 0 aliphatic heterocycles. The first kappa shape index (κ1) is 12.9. The Balaban J connectivity index is 2.56. The molecular formula is C10H12FNO3S. The van der Waals surface area contributed by atoms with E-state index in [0.717, 1.165) is 5.75 Å². The normalized spacial score (nSPS) is 10.4. The van der Waals surface area contributed by atoms with Crippen molar-refractivity contribution < 1.29 is 14.4 Å². The molecule has 0 amide bonds. The van der Waals surface area contributed by atoms with E-state index in [9.17, 15) is 14.5 Å². The minimum atomic E-state index is -0.801. The van der Waals surface area contributed by atoms with E-state index in [1.54, 1.807) is 17.8 Å². The molecule has 1 aromatic rings. The van der Waals surface area contributed by atoms with Gasteiger partial charge in [-0.1, -0.05) is 6.07 Å². The lowest BCUT2D eigenvalue weighted by Gasteiger charge is -2.01. The summed E-state index contributed by atoms with van der Waals surface area (Å²) in [6.07, 6.45) is 0.695. The van der Waals surface area contributed by atoms with Crippen LogP contribution in [-0.4, -0.2) is 22.4 Å². The standard InChI is InChI=1S/C10H12FNO3S/c11-9-6-8(7-16-5-1-4-13)2-3-10(9)12(14)15/h2-3,6,13H,1,4-5,7H2. The third-order valence-electron chi connectivity index (χ3n) is 1.92. The van der Waals surface area contributed by atoms with Gasteiger partial charge >= 0.3 is 5.69 Å². The first-order chi connectivity index (χ1) is 7.65. The largest absolute Gasteiger partial charge is 0.396 e. The number of nitrogens with zero attached hydrogens (tertiary/aromatic N) is 1. The molecule has 0 saturated carbocycles. The summed E-state index contributed by atoms with van der Waals surface area (Å²) in [6, 6.07) is 3.91. The summed E-state index contributed by atoms with van der Waals surface area (Å²) < 4.78 is 13.2. The average molecular weight is 245 g/mol. The summed E-state index contributed by atoms with van der Waals surface area (Å²) in [5, 5.41) is 18.9. The Morgan fingerprint density at radius 1 is 1.50 bits per heavy atom. The molecule has 0 saturated heterocycles. The SMILES string of the molecule is O=[N+]([O-])c1ccc(CSCCCO)cc1F. The number of nitro benzene ring substituents is 1. The van der Waals surface area contributed by atoms with E-state index in [-0.39, 0.29) is 6.61 Å². The maximum Gasteiger partial charge on any atom is 0.304 e.